The van der Waals surface area contributed by atoms with Crippen molar-refractivity contribution in [1.82, 2.24) is 15.0 Å². The van der Waals surface area contributed by atoms with E-state index in [2.05, 4.69) is 15.0 Å². The number of carbonyl (C=O) groups is 1. The first kappa shape index (κ1) is 20.9. The molecular formula is C20H17ClFN3O3S. The maximum absolute atomic E-state index is 13.2. The molecule has 3 rings (SSSR count). The quantitative estimate of drug-likeness (QED) is 0.598. The number of hydrogen-bond donors (Lipinski definition) is 2. The second-order valence-electron chi connectivity index (χ2n) is 6.14. The van der Waals surface area contributed by atoms with E-state index < -0.39 is 15.8 Å². The molecule has 0 bridgehead atoms. The van der Waals surface area contributed by atoms with Gasteiger partial charge >= 0.3 is 0 Å². The van der Waals surface area contributed by atoms with Crippen molar-refractivity contribution in [3.63, 3.8) is 0 Å². The summed E-state index contributed by atoms with van der Waals surface area (Å²) in [6.45, 7) is 0.388. The Kier molecular flexibility index (Phi) is 6.58. The number of hydrogen-bond acceptors (Lipinski definition) is 4. The maximum Gasteiger partial charge on any atom is 0.251 e. The van der Waals surface area contributed by atoms with E-state index in [0.717, 1.165) is 23.8 Å². The number of nitrogens with zero attached hydrogens (tertiary/aromatic N) is 1. The van der Waals surface area contributed by atoms with Gasteiger partial charge in [-0.05, 0) is 53.6 Å². The summed E-state index contributed by atoms with van der Waals surface area (Å²) in [4.78, 5) is 16.0. The fourth-order valence-electron chi connectivity index (χ4n) is 2.46. The fourth-order valence-corrected chi connectivity index (χ4v) is 3.75. The van der Waals surface area contributed by atoms with Crippen LogP contribution in [0.25, 0.3) is 0 Å². The summed E-state index contributed by atoms with van der Waals surface area (Å²) in [5.74, 6) is -0.932. The Hall–Kier alpha value is -2.81. The van der Waals surface area contributed by atoms with E-state index in [1.165, 1.54) is 0 Å². The molecule has 1 aromatic heterocycles. The minimum absolute atomic E-state index is 0.0102. The molecule has 6 nitrogen and oxygen atoms in total. The molecule has 0 spiro atoms. The molecule has 29 heavy (non-hydrogen) atoms. The van der Waals surface area contributed by atoms with E-state index in [4.69, 9.17) is 11.6 Å². The van der Waals surface area contributed by atoms with Gasteiger partial charge in [0.2, 0.25) is 10.0 Å². The second-order valence-corrected chi connectivity index (χ2v) is 8.31. The molecule has 2 N–H and O–H groups in total. The zero-order valence-electron chi connectivity index (χ0n) is 15.1. The maximum atomic E-state index is 13.2. The summed E-state index contributed by atoms with van der Waals surface area (Å²) in [6.07, 6.45) is 3.30. The molecule has 0 aliphatic heterocycles. The molecule has 0 saturated carbocycles. The molecule has 1 heterocycles. The smallest absolute Gasteiger partial charge is 0.251 e. The molecule has 2 aromatic carbocycles. The van der Waals surface area contributed by atoms with Gasteiger partial charge in [0.25, 0.3) is 5.91 Å². The molecule has 1 amide bonds. The second kappa shape index (κ2) is 9.13. The Balaban J connectivity index is 1.58. The molecular weight excluding hydrogens is 417 g/mol. The van der Waals surface area contributed by atoms with Gasteiger partial charge in [0.05, 0.1) is 9.92 Å². The van der Waals surface area contributed by atoms with Crippen LogP contribution in [0.2, 0.25) is 5.02 Å². The number of rotatable bonds is 7. The van der Waals surface area contributed by atoms with Crippen molar-refractivity contribution < 1.29 is 17.6 Å². The van der Waals surface area contributed by atoms with Gasteiger partial charge in [-0.15, -0.1) is 0 Å². The number of carbonyl (C=O) groups excluding carboxylic acids is 1. The molecule has 3 aromatic rings. The molecule has 0 saturated heterocycles. The van der Waals surface area contributed by atoms with Crippen LogP contribution in [0, 0.1) is 5.82 Å². The zero-order valence-corrected chi connectivity index (χ0v) is 16.7. The van der Waals surface area contributed by atoms with Gasteiger partial charge in [-0.2, -0.15) is 0 Å². The van der Waals surface area contributed by atoms with E-state index in [1.807, 2.05) is 12.1 Å². The molecule has 0 unspecified atom stereocenters. The molecule has 0 aliphatic carbocycles. The first-order chi connectivity index (χ1) is 13.8. The topological polar surface area (TPSA) is 88.2 Å². The van der Waals surface area contributed by atoms with Gasteiger partial charge in [-0.25, -0.2) is 17.5 Å². The van der Waals surface area contributed by atoms with Crippen molar-refractivity contribution in [2.45, 2.75) is 18.0 Å². The number of halogens is 2. The van der Waals surface area contributed by atoms with Crippen LogP contribution in [0.15, 0.2) is 71.9 Å². The van der Waals surface area contributed by atoms with Crippen molar-refractivity contribution in [1.29, 1.82) is 0 Å². The largest absolute Gasteiger partial charge is 0.348 e. The zero-order chi connectivity index (χ0) is 20.9. The van der Waals surface area contributed by atoms with E-state index in [9.17, 15) is 17.6 Å². The first-order valence-electron chi connectivity index (χ1n) is 8.56. The summed E-state index contributed by atoms with van der Waals surface area (Å²) in [7, 11) is -3.85. The fraction of sp³-hybridized carbons (Fsp3) is 0.100. The Morgan fingerprint density at radius 3 is 2.28 bits per heavy atom. The standard InChI is InChI=1S/C20H17ClFN3O3S/c21-18-11-17(5-6-19(18)22)29(27,28)25-13-14-1-3-16(4-2-14)20(26)24-12-15-7-9-23-10-8-15/h1-11,25H,12-13H2,(H,24,26). The summed E-state index contributed by atoms with van der Waals surface area (Å²) in [6, 6.07) is 13.3. The van der Waals surface area contributed by atoms with Gasteiger partial charge in [0.1, 0.15) is 5.82 Å². The number of pyridine rings is 1. The summed E-state index contributed by atoms with van der Waals surface area (Å²) < 4.78 is 40.2. The number of nitrogens with one attached hydrogen (secondary N) is 2. The van der Waals surface area contributed by atoms with Crippen LogP contribution in [0.5, 0.6) is 0 Å². The average molecular weight is 434 g/mol. The third kappa shape index (κ3) is 5.60. The van der Waals surface area contributed by atoms with Crippen LogP contribution in [0.1, 0.15) is 21.5 Å². The van der Waals surface area contributed by atoms with Crippen LogP contribution in [0.3, 0.4) is 0 Å². The van der Waals surface area contributed by atoms with Gasteiger partial charge in [0.15, 0.2) is 0 Å². The lowest BCUT2D eigenvalue weighted by Gasteiger charge is -2.09. The molecule has 0 radical (unpaired) electrons. The third-order valence-electron chi connectivity index (χ3n) is 4.09. The van der Waals surface area contributed by atoms with Crippen molar-refractivity contribution in [3.05, 3.63) is 94.5 Å². The number of amides is 1. The molecule has 9 heteroatoms. The summed E-state index contributed by atoms with van der Waals surface area (Å²) in [5.41, 5.74) is 2.05. The Bertz CT molecular complexity index is 1110. The molecule has 0 atom stereocenters. The number of benzene rings is 2. The third-order valence-corrected chi connectivity index (χ3v) is 5.77. The van der Waals surface area contributed by atoms with E-state index >= 15 is 0 Å². The lowest BCUT2D eigenvalue weighted by atomic mass is 10.1. The minimum Gasteiger partial charge on any atom is -0.348 e. The number of aromatic nitrogens is 1. The van der Waals surface area contributed by atoms with Crippen molar-refractivity contribution in [2.75, 3.05) is 0 Å². The highest BCUT2D eigenvalue weighted by molar-refractivity contribution is 7.89. The molecule has 0 fully saturated rings. The summed E-state index contributed by atoms with van der Waals surface area (Å²) in [5, 5.41) is 2.53. The summed E-state index contributed by atoms with van der Waals surface area (Å²) >= 11 is 5.64. The van der Waals surface area contributed by atoms with E-state index in [-0.39, 0.29) is 22.4 Å². The predicted octanol–water partition coefficient (Wildman–Crippen LogP) is 3.28. The minimum atomic E-state index is -3.85. The Morgan fingerprint density at radius 1 is 0.966 bits per heavy atom. The highest BCUT2D eigenvalue weighted by atomic mass is 35.5. The lowest BCUT2D eigenvalue weighted by molar-refractivity contribution is 0.0951. The highest BCUT2D eigenvalue weighted by Gasteiger charge is 2.15. The van der Waals surface area contributed by atoms with Gasteiger partial charge in [-0.3, -0.25) is 9.78 Å². The number of sulfonamides is 1. The SMILES string of the molecule is O=C(NCc1ccncc1)c1ccc(CNS(=O)(=O)c2ccc(F)c(Cl)c2)cc1. The van der Waals surface area contributed by atoms with Crippen molar-refractivity contribution >= 4 is 27.5 Å². The lowest BCUT2D eigenvalue weighted by Crippen LogP contribution is -2.24. The predicted molar refractivity (Wildman–Crippen MR) is 107 cm³/mol. The monoisotopic (exact) mass is 433 g/mol. The highest BCUT2D eigenvalue weighted by Crippen LogP contribution is 2.19. The van der Waals surface area contributed by atoms with Crippen LogP contribution in [0.4, 0.5) is 4.39 Å². The molecule has 150 valence electrons. The van der Waals surface area contributed by atoms with Gasteiger partial charge < -0.3 is 5.32 Å². The van der Waals surface area contributed by atoms with Crippen molar-refractivity contribution in [3.8, 4) is 0 Å². The average Bonchev–Trinajstić information content (AvgIpc) is 2.73. The van der Waals surface area contributed by atoms with Crippen LogP contribution < -0.4 is 10.0 Å². The van der Waals surface area contributed by atoms with Gasteiger partial charge in [-0.1, -0.05) is 23.7 Å². The van der Waals surface area contributed by atoms with Crippen LogP contribution in [-0.2, 0) is 23.1 Å². The first-order valence-corrected chi connectivity index (χ1v) is 10.4. The van der Waals surface area contributed by atoms with E-state index in [1.54, 1.807) is 36.7 Å². The van der Waals surface area contributed by atoms with Crippen molar-refractivity contribution in [2.24, 2.45) is 0 Å². The van der Waals surface area contributed by atoms with E-state index in [0.29, 0.717) is 17.7 Å². The molecule has 0 aliphatic rings. The van der Waals surface area contributed by atoms with Crippen LogP contribution in [-0.4, -0.2) is 19.3 Å². The normalized spacial score (nSPS) is 11.2. The van der Waals surface area contributed by atoms with Crippen LogP contribution >= 0.6 is 11.6 Å². The Morgan fingerprint density at radius 2 is 1.62 bits per heavy atom. The Labute approximate surface area is 172 Å². The van der Waals surface area contributed by atoms with Gasteiger partial charge in [0, 0.05) is 31.0 Å².